The van der Waals surface area contributed by atoms with Crippen molar-refractivity contribution in [1.29, 1.82) is 0 Å². The molecule has 6 nitrogen and oxygen atoms in total. The number of guanidine groups is 1. The summed E-state index contributed by atoms with van der Waals surface area (Å²) in [7, 11) is 0. The fourth-order valence-electron chi connectivity index (χ4n) is 0.860. The highest BCUT2D eigenvalue weighted by atomic mass is 79.9. The van der Waals surface area contributed by atoms with Crippen LogP contribution in [0.2, 0.25) is 0 Å². The van der Waals surface area contributed by atoms with Crippen LogP contribution in [0.1, 0.15) is 5.56 Å². The summed E-state index contributed by atoms with van der Waals surface area (Å²) in [5.74, 6) is -0.206. The Morgan fingerprint density at radius 2 is 2.12 bits per heavy atom. The van der Waals surface area contributed by atoms with Crippen molar-refractivity contribution < 1.29 is 10.3 Å². The highest BCUT2D eigenvalue weighted by Crippen LogP contribution is 2.30. The SMILES string of the molecule is N/C(=N\N=C/c1cc(Br)cc(Br)c1O)NO. The lowest BCUT2D eigenvalue weighted by Gasteiger charge is -2.01. The largest absolute Gasteiger partial charge is 0.506 e. The second-order valence-electron chi connectivity index (χ2n) is 2.67. The van der Waals surface area contributed by atoms with Gasteiger partial charge in [0.25, 0.3) is 0 Å². The first kappa shape index (κ1) is 12.9. The molecule has 0 aliphatic heterocycles. The van der Waals surface area contributed by atoms with Crippen LogP contribution in [0, 0.1) is 0 Å². The van der Waals surface area contributed by atoms with E-state index in [1.807, 2.05) is 0 Å². The molecule has 0 amide bonds. The number of phenolic OH excluding ortho intramolecular Hbond substituents is 1. The third kappa shape index (κ3) is 3.47. The predicted molar refractivity (Wildman–Crippen MR) is 67.6 cm³/mol. The first-order chi connectivity index (χ1) is 7.54. The Balaban J connectivity index is 2.97. The first-order valence-corrected chi connectivity index (χ1v) is 5.58. The maximum Gasteiger partial charge on any atom is 0.237 e. The molecule has 5 N–H and O–H groups in total. The molecule has 0 heterocycles. The van der Waals surface area contributed by atoms with Crippen molar-refractivity contribution in [2.75, 3.05) is 0 Å². The number of rotatable bonds is 2. The molecule has 0 aromatic heterocycles. The lowest BCUT2D eigenvalue weighted by Crippen LogP contribution is -2.27. The van der Waals surface area contributed by atoms with Crippen molar-refractivity contribution in [2.45, 2.75) is 0 Å². The van der Waals surface area contributed by atoms with E-state index in [2.05, 4.69) is 42.1 Å². The molecule has 0 saturated carbocycles. The fourth-order valence-corrected chi connectivity index (χ4v) is 2.12. The zero-order valence-corrected chi connectivity index (χ0v) is 11.0. The molecule has 0 atom stereocenters. The predicted octanol–water partition coefficient (Wildman–Crippen LogP) is 1.54. The van der Waals surface area contributed by atoms with E-state index in [1.54, 1.807) is 17.6 Å². The molecule has 1 aromatic rings. The van der Waals surface area contributed by atoms with E-state index in [1.165, 1.54) is 6.21 Å². The van der Waals surface area contributed by atoms with Gasteiger partial charge in [0, 0.05) is 10.0 Å². The van der Waals surface area contributed by atoms with Crippen LogP contribution in [0.15, 0.2) is 31.3 Å². The van der Waals surface area contributed by atoms with Gasteiger partial charge < -0.3 is 10.8 Å². The lowest BCUT2D eigenvalue weighted by atomic mass is 10.2. The molecule has 8 heteroatoms. The van der Waals surface area contributed by atoms with Crippen molar-refractivity contribution in [2.24, 2.45) is 15.9 Å². The monoisotopic (exact) mass is 350 g/mol. The van der Waals surface area contributed by atoms with Crippen LogP contribution in [-0.4, -0.2) is 22.5 Å². The maximum atomic E-state index is 9.64. The fraction of sp³-hybridized carbons (Fsp3) is 0. The normalized spacial score (nSPS) is 12.1. The van der Waals surface area contributed by atoms with E-state index in [4.69, 9.17) is 10.9 Å². The first-order valence-electron chi connectivity index (χ1n) is 3.99. The Morgan fingerprint density at radius 1 is 1.44 bits per heavy atom. The zero-order chi connectivity index (χ0) is 12.1. The molecule has 0 bridgehead atoms. The number of benzene rings is 1. The average molecular weight is 352 g/mol. The summed E-state index contributed by atoms with van der Waals surface area (Å²) in [5, 5.41) is 24.9. The van der Waals surface area contributed by atoms with Crippen LogP contribution in [-0.2, 0) is 0 Å². The molecule has 1 rings (SSSR count). The Labute approximate surface area is 108 Å². The number of hydrogen-bond donors (Lipinski definition) is 4. The highest BCUT2D eigenvalue weighted by molar-refractivity contribution is 9.11. The Bertz CT molecular complexity index is 448. The molecule has 86 valence electrons. The van der Waals surface area contributed by atoms with Gasteiger partial charge in [-0.3, -0.25) is 5.21 Å². The lowest BCUT2D eigenvalue weighted by molar-refractivity contribution is 0.232. The van der Waals surface area contributed by atoms with E-state index in [9.17, 15) is 5.11 Å². The molecule has 0 aliphatic rings. The van der Waals surface area contributed by atoms with Gasteiger partial charge in [-0.2, -0.15) is 5.10 Å². The molecular formula is C8H8Br2N4O2. The van der Waals surface area contributed by atoms with Crippen LogP contribution in [0.5, 0.6) is 5.75 Å². The third-order valence-corrected chi connectivity index (χ3v) is 2.60. The minimum absolute atomic E-state index is 0.0395. The van der Waals surface area contributed by atoms with Gasteiger partial charge in [-0.25, -0.2) is 5.48 Å². The van der Waals surface area contributed by atoms with Crippen LogP contribution < -0.4 is 11.2 Å². The molecule has 16 heavy (non-hydrogen) atoms. The molecule has 0 unspecified atom stereocenters. The number of aromatic hydroxyl groups is 1. The van der Waals surface area contributed by atoms with Crippen molar-refractivity contribution >= 4 is 44.0 Å². The number of halogens is 2. The number of hydroxylamine groups is 1. The Morgan fingerprint density at radius 3 is 2.75 bits per heavy atom. The van der Waals surface area contributed by atoms with E-state index in [0.29, 0.717) is 10.0 Å². The summed E-state index contributed by atoms with van der Waals surface area (Å²) in [5.41, 5.74) is 7.21. The molecule has 0 spiro atoms. The molecule has 0 aliphatic carbocycles. The van der Waals surface area contributed by atoms with Gasteiger partial charge >= 0.3 is 0 Å². The second kappa shape index (κ2) is 5.83. The standard InChI is InChI=1S/C8H8Br2N4O2/c9-5-1-4(7(15)6(10)2-5)3-12-13-8(11)14-16/h1-3,15-16H,(H3,11,13,14)/b12-3-. The molecular weight excluding hydrogens is 344 g/mol. The van der Waals surface area contributed by atoms with E-state index in [-0.39, 0.29) is 11.7 Å². The zero-order valence-electron chi connectivity index (χ0n) is 7.85. The summed E-state index contributed by atoms with van der Waals surface area (Å²) in [6.07, 6.45) is 1.30. The van der Waals surface area contributed by atoms with Gasteiger partial charge in [0.05, 0.1) is 10.7 Å². The van der Waals surface area contributed by atoms with Crippen LogP contribution in [0.4, 0.5) is 0 Å². The second-order valence-corrected chi connectivity index (χ2v) is 4.44. The van der Waals surface area contributed by atoms with Gasteiger partial charge in [-0.05, 0) is 28.1 Å². The summed E-state index contributed by atoms with van der Waals surface area (Å²) in [4.78, 5) is 0. The molecule has 1 aromatic carbocycles. The summed E-state index contributed by atoms with van der Waals surface area (Å²) in [6.45, 7) is 0. The minimum Gasteiger partial charge on any atom is -0.506 e. The van der Waals surface area contributed by atoms with E-state index >= 15 is 0 Å². The number of phenols is 1. The van der Waals surface area contributed by atoms with Gasteiger partial charge in [0.15, 0.2) is 0 Å². The summed E-state index contributed by atoms with van der Waals surface area (Å²) in [6, 6.07) is 3.35. The quantitative estimate of drug-likeness (QED) is 0.368. The third-order valence-electron chi connectivity index (χ3n) is 1.53. The van der Waals surface area contributed by atoms with Crippen LogP contribution in [0.25, 0.3) is 0 Å². The molecule has 0 radical (unpaired) electrons. The van der Waals surface area contributed by atoms with Gasteiger partial charge in [-0.1, -0.05) is 15.9 Å². The van der Waals surface area contributed by atoms with E-state index < -0.39 is 0 Å². The Hall–Kier alpha value is -1.12. The number of nitrogens with zero attached hydrogens (tertiary/aromatic N) is 2. The minimum atomic E-state index is -0.246. The van der Waals surface area contributed by atoms with Gasteiger partial charge in [0.2, 0.25) is 5.96 Å². The van der Waals surface area contributed by atoms with Crippen molar-refractivity contribution in [3.05, 3.63) is 26.6 Å². The summed E-state index contributed by atoms with van der Waals surface area (Å²) < 4.78 is 1.30. The molecule has 0 fully saturated rings. The van der Waals surface area contributed by atoms with Gasteiger partial charge in [-0.15, -0.1) is 5.10 Å². The summed E-state index contributed by atoms with van der Waals surface area (Å²) >= 11 is 6.44. The Kier molecular flexibility index (Phi) is 4.71. The smallest absolute Gasteiger partial charge is 0.237 e. The van der Waals surface area contributed by atoms with Crippen molar-refractivity contribution in [1.82, 2.24) is 5.48 Å². The van der Waals surface area contributed by atoms with Crippen LogP contribution >= 0.6 is 31.9 Å². The maximum absolute atomic E-state index is 9.64. The average Bonchev–Trinajstić information content (AvgIpc) is 2.24. The van der Waals surface area contributed by atoms with E-state index in [0.717, 1.165) is 4.47 Å². The van der Waals surface area contributed by atoms with Crippen molar-refractivity contribution in [3.8, 4) is 5.75 Å². The van der Waals surface area contributed by atoms with Crippen molar-refractivity contribution in [3.63, 3.8) is 0 Å². The van der Waals surface area contributed by atoms with Gasteiger partial charge in [0.1, 0.15) is 5.75 Å². The van der Waals surface area contributed by atoms with Crippen LogP contribution in [0.3, 0.4) is 0 Å². The topological polar surface area (TPSA) is 103 Å². The number of hydrogen-bond acceptors (Lipinski definition) is 4. The molecule has 0 saturated heterocycles. The number of nitrogens with two attached hydrogens (primary N) is 1. The number of nitrogens with one attached hydrogen (secondary N) is 1. The highest BCUT2D eigenvalue weighted by Gasteiger charge is 2.04.